The minimum atomic E-state index is -0.638. The molecule has 0 aliphatic heterocycles. The lowest BCUT2D eigenvalue weighted by atomic mass is 10.0. The number of carbonyl (C=O) groups excluding carboxylic acids is 1. The molecule has 2 aromatic carbocycles. The summed E-state index contributed by atoms with van der Waals surface area (Å²) in [5.74, 6) is 0.530. The number of hydrogen-bond donors (Lipinski definition) is 0. The van der Waals surface area contributed by atoms with Gasteiger partial charge in [-0.3, -0.25) is 0 Å². The topological polar surface area (TPSA) is 35.5 Å². The standard InChI is InChI=1S/C25H34O3/c1-3-5-7-10-13-21-17-19-23(20-18-21)27-25(26)28-24(16-9-6-4-2)22-14-11-8-12-15-22/h8,11-12,14-15,17-20,24H,3-7,9-10,13,16H2,1-2H3. The number of aryl methyl sites for hydroxylation is 1. The van der Waals surface area contributed by atoms with E-state index in [1.165, 1.54) is 31.2 Å². The van der Waals surface area contributed by atoms with Crippen molar-refractivity contribution in [1.82, 2.24) is 0 Å². The number of unbranched alkanes of at least 4 members (excludes halogenated alkanes) is 5. The molecule has 3 heteroatoms. The Labute approximate surface area is 170 Å². The summed E-state index contributed by atoms with van der Waals surface area (Å²) in [5.41, 5.74) is 2.29. The Bertz CT molecular complexity index is 664. The molecule has 0 radical (unpaired) electrons. The van der Waals surface area contributed by atoms with Crippen molar-refractivity contribution >= 4 is 6.16 Å². The fraction of sp³-hybridized carbons (Fsp3) is 0.480. The Hall–Kier alpha value is -2.29. The van der Waals surface area contributed by atoms with E-state index < -0.39 is 6.16 Å². The number of ether oxygens (including phenoxy) is 2. The predicted octanol–water partition coefficient (Wildman–Crippen LogP) is 7.65. The fourth-order valence-electron chi connectivity index (χ4n) is 3.26. The van der Waals surface area contributed by atoms with E-state index in [-0.39, 0.29) is 6.10 Å². The zero-order chi connectivity index (χ0) is 20.0. The lowest BCUT2D eigenvalue weighted by Crippen LogP contribution is -2.15. The van der Waals surface area contributed by atoms with Crippen LogP contribution in [0.2, 0.25) is 0 Å². The largest absolute Gasteiger partial charge is 0.514 e. The lowest BCUT2D eigenvalue weighted by molar-refractivity contribution is 0.0528. The summed E-state index contributed by atoms with van der Waals surface area (Å²) in [6.45, 7) is 4.39. The molecule has 0 saturated carbocycles. The zero-order valence-electron chi connectivity index (χ0n) is 17.4. The van der Waals surface area contributed by atoms with Crippen molar-refractivity contribution < 1.29 is 14.3 Å². The second-order valence-corrected chi connectivity index (χ2v) is 7.32. The lowest BCUT2D eigenvalue weighted by Gasteiger charge is -2.18. The molecule has 152 valence electrons. The van der Waals surface area contributed by atoms with Gasteiger partial charge in [0.15, 0.2) is 0 Å². The molecule has 0 heterocycles. The second-order valence-electron chi connectivity index (χ2n) is 7.32. The first-order valence-corrected chi connectivity index (χ1v) is 10.7. The van der Waals surface area contributed by atoms with E-state index in [0.29, 0.717) is 5.75 Å². The Morgan fingerprint density at radius 3 is 2.18 bits per heavy atom. The third-order valence-electron chi connectivity index (χ3n) is 4.92. The van der Waals surface area contributed by atoms with Crippen molar-refractivity contribution in [2.75, 3.05) is 0 Å². The minimum Gasteiger partial charge on any atom is -0.426 e. The fourth-order valence-corrected chi connectivity index (χ4v) is 3.26. The molecule has 0 aromatic heterocycles. The van der Waals surface area contributed by atoms with Gasteiger partial charge in [-0.2, -0.15) is 0 Å². The minimum absolute atomic E-state index is 0.266. The maximum absolute atomic E-state index is 12.3. The summed E-state index contributed by atoms with van der Waals surface area (Å²) in [4.78, 5) is 12.3. The van der Waals surface area contributed by atoms with E-state index in [2.05, 4.69) is 13.8 Å². The van der Waals surface area contributed by atoms with Crippen molar-refractivity contribution in [3.05, 3.63) is 65.7 Å². The first-order chi connectivity index (χ1) is 13.7. The van der Waals surface area contributed by atoms with Crippen molar-refractivity contribution in [1.29, 1.82) is 0 Å². The van der Waals surface area contributed by atoms with Gasteiger partial charge in [-0.05, 0) is 48.9 Å². The van der Waals surface area contributed by atoms with Crippen LogP contribution in [-0.2, 0) is 11.2 Å². The highest BCUT2D eigenvalue weighted by Crippen LogP contribution is 2.25. The molecule has 28 heavy (non-hydrogen) atoms. The van der Waals surface area contributed by atoms with Crippen molar-refractivity contribution in [2.24, 2.45) is 0 Å². The smallest absolute Gasteiger partial charge is 0.426 e. The first kappa shape index (κ1) is 22.0. The quantitative estimate of drug-likeness (QED) is 0.215. The summed E-state index contributed by atoms with van der Waals surface area (Å²) < 4.78 is 11.1. The van der Waals surface area contributed by atoms with Gasteiger partial charge in [0.05, 0.1) is 0 Å². The number of rotatable bonds is 12. The third-order valence-corrected chi connectivity index (χ3v) is 4.92. The van der Waals surface area contributed by atoms with Crippen LogP contribution in [0.4, 0.5) is 4.79 Å². The Morgan fingerprint density at radius 2 is 1.50 bits per heavy atom. The van der Waals surface area contributed by atoms with E-state index in [4.69, 9.17) is 9.47 Å². The molecular weight excluding hydrogens is 348 g/mol. The Kier molecular flexibility index (Phi) is 10.2. The highest BCUT2D eigenvalue weighted by Gasteiger charge is 2.18. The van der Waals surface area contributed by atoms with Gasteiger partial charge in [-0.25, -0.2) is 4.79 Å². The number of benzene rings is 2. The average molecular weight is 383 g/mol. The molecule has 0 saturated heterocycles. The van der Waals surface area contributed by atoms with Crippen molar-refractivity contribution in [3.8, 4) is 5.75 Å². The Morgan fingerprint density at radius 1 is 0.821 bits per heavy atom. The van der Waals surface area contributed by atoms with Crippen LogP contribution in [0.3, 0.4) is 0 Å². The van der Waals surface area contributed by atoms with Gasteiger partial charge in [0, 0.05) is 0 Å². The average Bonchev–Trinajstić information content (AvgIpc) is 2.72. The van der Waals surface area contributed by atoms with Crippen LogP contribution < -0.4 is 4.74 Å². The molecule has 2 rings (SSSR count). The molecule has 3 nitrogen and oxygen atoms in total. The van der Waals surface area contributed by atoms with E-state index in [9.17, 15) is 4.79 Å². The normalized spacial score (nSPS) is 11.8. The summed E-state index contributed by atoms with van der Waals surface area (Å²) in [7, 11) is 0. The van der Waals surface area contributed by atoms with Gasteiger partial charge >= 0.3 is 6.16 Å². The highest BCUT2D eigenvalue weighted by atomic mass is 16.7. The van der Waals surface area contributed by atoms with E-state index in [1.54, 1.807) is 0 Å². The van der Waals surface area contributed by atoms with Crippen LogP contribution in [0.5, 0.6) is 5.75 Å². The SMILES string of the molecule is CCCCCCc1ccc(OC(=O)OC(CCCCC)c2ccccc2)cc1. The second kappa shape index (κ2) is 13.0. The van der Waals surface area contributed by atoms with Crippen molar-refractivity contribution in [2.45, 2.75) is 77.7 Å². The summed E-state index contributed by atoms with van der Waals surface area (Å²) in [6.07, 6.45) is 9.26. The zero-order valence-corrected chi connectivity index (χ0v) is 17.4. The maximum Gasteiger partial charge on any atom is 0.514 e. The maximum atomic E-state index is 12.3. The molecule has 0 amide bonds. The summed E-state index contributed by atoms with van der Waals surface area (Å²) >= 11 is 0. The first-order valence-electron chi connectivity index (χ1n) is 10.7. The van der Waals surface area contributed by atoms with Gasteiger partial charge in [-0.15, -0.1) is 0 Å². The van der Waals surface area contributed by atoms with Gasteiger partial charge < -0.3 is 9.47 Å². The Balaban J connectivity index is 1.87. The molecule has 0 spiro atoms. The van der Waals surface area contributed by atoms with Crippen LogP contribution in [0.15, 0.2) is 54.6 Å². The summed E-state index contributed by atoms with van der Waals surface area (Å²) in [6, 6.07) is 17.7. The van der Waals surface area contributed by atoms with E-state index in [0.717, 1.165) is 37.7 Å². The molecule has 0 bridgehead atoms. The van der Waals surface area contributed by atoms with Crippen LogP contribution in [0.25, 0.3) is 0 Å². The van der Waals surface area contributed by atoms with Crippen LogP contribution in [0.1, 0.15) is 82.4 Å². The highest BCUT2D eigenvalue weighted by molar-refractivity contribution is 5.64. The monoisotopic (exact) mass is 382 g/mol. The van der Waals surface area contributed by atoms with Crippen LogP contribution >= 0.6 is 0 Å². The van der Waals surface area contributed by atoms with Crippen LogP contribution in [-0.4, -0.2) is 6.16 Å². The number of carbonyl (C=O) groups is 1. The van der Waals surface area contributed by atoms with Gasteiger partial charge in [-0.1, -0.05) is 88.4 Å². The summed E-state index contributed by atoms with van der Waals surface area (Å²) in [5, 5.41) is 0. The third kappa shape index (κ3) is 8.16. The van der Waals surface area contributed by atoms with Gasteiger partial charge in [0.25, 0.3) is 0 Å². The molecule has 0 aliphatic carbocycles. The van der Waals surface area contributed by atoms with Gasteiger partial charge in [0.1, 0.15) is 11.9 Å². The molecule has 1 atom stereocenters. The molecule has 1 unspecified atom stereocenters. The predicted molar refractivity (Wildman–Crippen MR) is 115 cm³/mol. The molecule has 0 fully saturated rings. The van der Waals surface area contributed by atoms with E-state index >= 15 is 0 Å². The molecule has 2 aromatic rings. The van der Waals surface area contributed by atoms with Gasteiger partial charge in [0.2, 0.25) is 0 Å². The molecular formula is C25H34O3. The van der Waals surface area contributed by atoms with E-state index in [1.807, 2.05) is 54.6 Å². The molecule has 0 aliphatic rings. The van der Waals surface area contributed by atoms with Crippen LogP contribution in [0, 0.1) is 0 Å². The van der Waals surface area contributed by atoms with Crippen molar-refractivity contribution in [3.63, 3.8) is 0 Å². The molecule has 0 N–H and O–H groups in total. The number of hydrogen-bond acceptors (Lipinski definition) is 3.